The van der Waals surface area contributed by atoms with Gasteiger partial charge in [-0.25, -0.2) is 0 Å². The average molecular weight is 313 g/mol. The molecule has 1 fully saturated rings. The molecule has 0 aliphatic carbocycles. The van der Waals surface area contributed by atoms with Crippen LogP contribution in [0.1, 0.15) is 32.8 Å². The molecule has 0 radical (unpaired) electrons. The van der Waals surface area contributed by atoms with Crippen molar-refractivity contribution >= 4 is 29.1 Å². The number of rotatable bonds is 5. The van der Waals surface area contributed by atoms with E-state index in [9.17, 15) is 0 Å². The van der Waals surface area contributed by atoms with Gasteiger partial charge in [-0.3, -0.25) is 0 Å². The Balaban J connectivity index is 2.19. The standard InChI is InChI=1S/C16H25ClN2S/c1-4-8-18-9-14-15(17)6-5-7-16(14)19-10-12(2)20-13(3)11-19/h5-7,12-13,18H,4,8-11H2,1-3H3. The van der Waals surface area contributed by atoms with Crippen molar-refractivity contribution in [1.29, 1.82) is 0 Å². The number of halogens is 1. The van der Waals surface area contributed by atoms with E-state index in [0.29, 0.717) is 10.5 Å². The van der Waals surface area contributed by atoms with Crippen molar-refractivity contribution in [3.63, 3.8) is 0 Å². The molecule has 0 amide bonds. The molecule has 1 aromatic rings. The molecule has 1 aliphatic rings. The van der Waals surface area contributed by atoms with Crippen LogP contribution in [0.15, 0.2) is 18.2 Å². The number of thioether (sulfide) groups is 1. The minimum absolute atomic E-state index is 0.675. The summed E-state index contributed by atoms with van der Waals surface area (Å²) in [6.07, 6.45) is 1.15. The van der Waals surface area contributed by atoms with Gasteiger partial charge in [-0.1, -0.05) is 38.4 Å². The molecule has 0 saturated carbocycles. The molecule has 4 heteroatoms. The summed E-state index contributed by atoms with van der Waals surface area (Å²) in [6, 6.07) is 6.28. The number of hydrogen-bond acceptors (Lipinski definition) is 3. The molecule has 1 heterocycles. The Labute approximate surface area is 132 Å². The summed E-state index contributed by atoms with van der Waals surface area (Å²) in [5.41, 5.74) is 2.55. The lowest BCUT2D eigenvalue weighted by atomic mass is 10.1. The van der Waals surface area contributed by atoms with Gasteiger partial charge in [0.1, 0.15) is 0 Å². The van der Waals surface area contributed by atoms with Gasteiger partial charge in [-0.05, 0) is 25.1 Å². The third-order valence-corrected chi connectivity index (χ3v) is 5.16. The molecular formula is C16H25ClN2S. The van der Waals surface area contributed by atoms with E-state index in [1.165, 1.54) is 11.3 Å². The first-order valence-electron chi connectivity index (χ1n) is 7.50. The number of anilines is 1. The van der Waals surface area contributed by atoms with E-state index in [1.54, 1.807) is 0 Å². The Morgan fingerprint density at radius 3 is 2.65 bits per heavy atom. The van der Waals surface area contributed by atoms with Crippen molar-refractivity contribution in [3.05, 3.63) is 28.8 Å². The molecule has 1 aliphatic heterocycles. The maximum Gasteiger partial charge on any atom is 0.0471 e. The van der Waals surface area contributed by atoms with Gasteiger partial charge in [0.2, 0.25) is 0 Å². The van der Waals surface area contributed by atoms with Crippen LogP contribution in [0, 0.1) is 0 Å². The summed E-state index contributed by atoms with van der Waals surface area (Å²) in [6.45, 7) is 10.9. The van der Waals surface area contributed by atoms with Gasteiger partial charge in [0.15, 0.2) is 0 Å². The fraction of sp³-hybridized carbons (Fsp3) is 0.625. The van der Waals surface area contributed by atoms with Crippen LogP contribution in [0.3, 0.4) is 0 Å². The fourth-order valence-electron chi connectivity index (χ4n) is 2.78. The molecule has 2 nitrogen and oxygen atoms in total. The number of hydrogen-bond donors (Lipinski definition) is 1. The first kappa shape index (κ1) is 16.0. The van der Waals surface area contributed by atoms with Crippen molar-refractivity contribution in [2.75, 3.05) is 24.5 Å². The molecule has 2 unspecified atom stereocenters. The minimum Gasteiger partial charge on any atom is -0.369 e. The molecule has 0 spiro atoms. The average Bonchev–Trinajstić information content (AvgIpc) is 2.39. The summed E-state index contributed by atoms with van der Waals surface area (Å²) < 4.78 is 0. The normalized spacial score (nSPS) is 23.1. The minimum atomic E-state index is 0.675. The van der Waals surface area contributed by atoms with E-state index >= 15 is 0 Å². The van der Waals surface area contributed by atoms with Gasteiger partial charge in [0, 0.05) is 46.4 Å². The maximum atomic E-state index is 6.43. The topological polar surface area (TPSA) is 15.3 Å². The molecule has 2 atom stereocenters. The van der Waals surface area contributed by atoms with Crippen molar-refractivity contribution < 1.29 is 0 Å². The van der Waals surface area contributed by atoms with Crippen LogP contribution in [0.4, 0.5) is 5.69 Å². The van der Waals surface area contributed by atoms with Gasteiger partial charge < -0.3 is 10.2 Å². The highest BCUT2D eigenvalue weighted by molar-refractivity contribution is 8.00. The van der Waals surface area contributed by atoms with E-state index in [4.69, 9.17) is 11.6 Å². The van der Waals surface area contributed by atoms with E-state index < -0.39 is 0 Å². The van der Waals surface area contributed by atoms with E-state index in [1.807, 2.05) is 6.07 Å². The highest BCUT2D eigenvalue weighted by Crippen LogP contribution is 2.33. The second-order valence-electron chi connectivity index (χ2n) is 5.58. The van der Waals surface area contributed by atoms with Crippen molar-refractivity contribution in [3.8, 4) is 0 Å². The fourth-order valence-corrected chi connectivity index (χ4v) is 4.34. The lowest BCUT2D eigenvalue weighted by Crippen LogP contribution is -2.41. The van der Waals surface area contributed by atoms with Crippen molar-refractivity contribution in [1.82, 2.24) is 5.32 Å². The van der Waals surface area contributed by atoms with Crippen LogP contribution < -0.4 is 10.2 Å². The van der Waals surface area contributed by atoms with Crippen LogP contribution >= 0.6 is 23.4 Å². The Bertz CT molecular complexity index is 428. The van der Waals surface area contributed by atoms with Gasteiger partial charge in [-0.2, -0.15) is 11.8 Å². The second-order valence-corrected chi connectivity index (χ2v) is 7.87. The van der Waals surface area contributed by atoms with Crippen LogP contribution in [0.2, 0.25) is 5.02 Å². The van der Waals surface area contributed by atoms with Crippen LogP contribution in [-0.4, -0.2) is 30.1 Å². The largest absolute Gasteiger partial charge is 0.369 e. The van der Waals surface area contributed by atoms with Gasteiger partial charge in [0.25, 0.3) is 0 Å². The van der Waals surface area contributed by atoms with E-state index in [2.05, 4.69) is 54.9 Å². The Hall–Kier alpha value is -0.380. The van der Waals surface area contributed by atoms with Crippen LogP contribution in [0.5, 0.6) is 0 Å². The first-order chi connectivity index (χ1) is 9.61. The third-order valence-electron chi connectivity index (χ3n) is 3.58. The van der Waals surface area contributed by atoms with Gasteiger partial charge in [0.05, 0.1) is 0 Å². The Kier molecular flexibility index (Phi) is 6.06. The van der Waals surface area contributed by atoms with Gasteiger partial charge in [-0.15, -0.1) is 0 Å². The molecule has 0 bridgehead atoms. The quantitative estimate of drug-likeness (QED) is 0.822. The maximum absolute atomic E-state index is 6.43. The molecule has 1 saturated heterocycles. The predicted octanol–water partition coefficient (Wildman–Crippen LogP) is 4.17. The molecular weight excluding hydrogens is 288 g/mol. The summed E-state index contributed by atoms with van der Waals surface area (Å²) in [7, 11) is 0. The lowest BCUT2D eigenvalue weighted by Gasteiger charge is -2.37. The van der Waals surface area contributed by atoms with E-state index in [-0.39, 0.29) is 0 Å². The zero-order valence-corrected chi connectivity index (χ0v) is 14.2. The van der Waals surface area contributed by atoms with Crippen molar-refractivity contribution in [2.24, 2.45) is 0 Å². The Morgan fingerprint density at radius 2 is 2.00 bits per heavy atom. The van der Waals surface area contributed by atoms with Crippen LogP contribution in [-0.2, 0) is 6.54 Å². The van der Waals surface area contributed by atoms with Gasteiger partial charge >= 0.3 is 0 Å². The zero-order chi connectivity index (χ0) is 14.5. The highest BCUT2D eigenvalue weighted by Gasteiger charge is 2.24. The summed E-state index contributed by atoms with van der Waals surface area (Å²) in [4.78, 5) is 2.50. The number of benzene rings is 1. The summed E-state index contributed by atoms with van der Waals surface area (Å²) >= 11 is 8.51. The number of nitrogens with one attached hydrogen (secondary N) is 1. The highest BCUT2D eigenvalue weighted by atomic mass is 35.5. The first-order valence-corrected chi connectivity index (χ1v) is 8.82. The Morgan fingerprint density at radius 1 is 1.30 bits per heavy atom. The third kappa shape index (κ3) is 4.06. The van der Waals surface area contributed by atoms with E-state index in [0.717, 1.165) is 37.6 Å². The SMILES string of the molecule is CCCNCc1c(Cl)cccc1N1CC(C)SC(C)C1. The summed E-state index contributed by atoms with van der Waals surface area (Å²) in [5.74, 6) is 0. The molecule has 1 aromatic carbocycles. The molecule has 2 rings (SSSR count). The molecule has 112 valence electrons. The molecule has 20 heavy (non-hydrogen) atoms. The zero-order valence-electron chi connectivity index (χ0n) is 12.7. The van der Waals surface area contributed by atoms with Crippen LogP contribution in [0.25, 0.3) is 0 Å². The monoisotopic (exact) mass is 312 g/mol. The van der Waals surface area contributed by atoms with Crippen molar-refractivity contribution in [2.45, 2.75) is 44.2 Å². The predicted molar refractivity (Wildman–Crippen MR) is 92.2 cm³/mol. The smallest absolute Gasteiger partial charge is 0.0471 e. The second kappa shape index (κ2) is 7.58. The lowest BCUT2D eigenvalue weighted by molar-refractivity contribution is 0.667. The molecule has 0 aromatic heterocycles. The molecule has 1 N–H and O–H groups in total. The number of nitrogens with zero attached hydrogens (tertiary/aromatic N) is 1. The summed E-state index contributed by atoms with van der Waals surface area (Å²) in [5, 5.41) is 5.71.